The van der Waals surface area contributed by atoms with Gasteiger partial charge >= 0.3 is 0 Å². The molecule has 1 amide bonds. The number of likely N-dealkylation sites (N-methyl/N-ethyl adjacent to an activating group) is 1. The van der Waals surface area contributed by atoms with Gasteiger partial charge in [-0.25, -0.2) is 15.0 Å². The van der Waals surface area contributed by atoms with E-state index in [0.717, 1.165) is 22.1 Å². The summed E-state index contributed by atoms with van der Waals surface area (Å²) in [4.78, 5) is 27.0. The number of benzene rings is 1. The molecule has 9 heteroatoms. The van der Waals surface area contributed by atoms with E-state index in [9.17, 15) is 9.90 Å². The van der Waals surface area contributed by atoms with E-state index in [0.29, 0.717) is 29.3 Å². The minimum absolute atomic E-state index is 0.286. The van der Waals surface area contributed by atoms with Gasteiger partial charge in [-0.15, -0.1) is 0 Å². The molecule has 5 rings (SSSR count). The average molecular weight is 425 g/mol. The number of amides is 1. The molecular weight excluding hydrogens is 406 g/mol. The molecule has 4 N–H and O–H groups in total. The third-order valence-electron chi connectivity index (χ3n) is 5.51. The lowest BCUT2D eigenvalue weighted by Crippen LogP contribution is -2.37. The zero-order valence-electron chi connectivity index (χ0n) is 17.2. The zero-order chi connectivity index (χ0) is 22.3. The number of aromatic nitrogens is 5. The summed E-state index contributed by atoms with van der Waals surface area (Å²) >= 11 is 0. The second-order valence-corrected chi connectivity index (χ2v) is 7.67. The summed E-state index contributed by atoms with van der Waals surface area (Å²) in [6, 6.07) is 7.29. The molecule has 0 unspecified atom stereocenters. The Labute approximate surface area is 183 Å². The lowest BCUT2D eigenvalue weighted by molar-refractivity contribution is -0.137. The predicted octanol–water partition coefficient (Wildman–Crippen LogP) is 1.61. The maximum Gasteiger partial charge on any atom is 0.267 e. The molecule has 1 saturated heterocycles. The Morgan fingerprint density at radius 3 is 2.84 bits per heavy atom. The monoisotopic (exact) mass is 425 g/mol. The normalized spacial score (nSPS) is 18.1. The van der Waals surface area contributed by atoms with Gasteiger partial charge in [-0.2, -0.15) is 5.10 Å². The number of carbonyl (C=O) groups excluding carboxylic acids is 1. The van der Waals surface area contributed by atoms with E-state index < -0.39 is 5.60 Å². The minimum Gasteiger partial charge on any atom is -0.382 e. The molecule has 0 spiro atoms. The topological polar surface area (TPSA) is 134 Å². The third kappa shape index (κ3) is 3.33. The summed E-state index contributed by atoms with van der Waals surface area (Å²) in [6.45, 7) is 0.477. The van der Waals surface area contributed by atoms with Gasteiger partial charge in [0.15, 0.2) is 5.82 Å². The number of nitrogens with two attached hydrogens (primary N) is 1. The van der Waals surface area contributed by atoms with E-state index >= 15 is 0 Å². The highest BCUT2D eigenvalue weighted by atomic mass is 16.3. The minimum atomic E-state index is -1.65. The standard InChI is InChI=1S/C23H19N7O2/c1-30-8-7-23(32,22(30)31)6-5-14-3-2-4-15(9-14)21-26-13-18-17(16-10-27-28-11-16)12-25-20(24)19(18)29-21/h2-4,9-13,32H,7-8H2,1H3,(H2,24,25)(H,27,28)/t23-/m0/s1. The molecule has 4 heterocycles. The number of hydrogen-bond acceptors (Lipinski definition) is 7. The van der Waals surface area contributed by atoms with Crippen LogP contribution in [0.5, 0.6) is 0 Å². The quantitative estimate of drug-likeness (QED) is 0.415. The first-order valence-electron chi connectivity index (χ1n) is 9.96. The van der Waals surface area contributed by atoms with Crippen LogP contribution >= 0.6 is 0 Å². The van der Waals surface area contributed by atoms with Crippen molar-refractivity contribution in [1.82, 2.24) is 30.0 Å². The summed E-state index contributed by atoms with van der Waals surface area (Å²) in [5.41, 5.74) is 8.06. The number of rotatable bonds is 2. The van der Waals surface area contributed by atoms with Gasteiger partial charge in [-0.1, -0.05) is 24.0 Å². The Kier molecular flexibility index (Phi) is 4.57. The van der Waals surface area contributed by atoms with Crippen LogP contribution in [0.2, 0.25) is 0 Å². The number of anilines is 1. The Bertz CT molecular complexity index is 1410. The van der Waals surface area contributed by atoms with Crippen LogP contribution in [-0.4, -0.2) is 60.3 Å². The van der Waals surface area contributed by atoms with Gasteiger partial charge in [0.05, 0.1) is 6.20 Å². The van der Waals surface area contributed by atoms with Crippen molar-refractivity contribution >= 4 is 22.6 Å². The molecule has 1 aliphatic rings. The van der Waals surface area contributed by atoms with E-state index in [2.05, 4.69) is 37.0 Å². The maximum atomic E-state index is 12.1. The number of pyridine rings is 1. The number of nitrogen functional groups attached to an aromatic ring is 1. The lowest BCUT2D eigenvalue weighted by atomic mass is 10.0. The number of nitrogens with zero attached hydrogens (tertiary/aromatic N) is 5. The number of likely N-dealkylation sites (tertiary alicyclic amines) is 1. The van der Waals surface area contributed by atoms with E-state index in [1.165, 1.54) is 4.90 Å². The van der Waals surface area contributed by atoms with E-state index in [4.69, 9.17) is 5.73 Å². The fraction of sp³-hybridized carbons (Fsp3) is 0.174. The van der Waals surface area contributed by atoms with Crippen LogP contribution < -0.4 is 5.73 Å². The highest BCUT2D eigenvalue weighted by Crippen LogP contribution is 2.30. The summed E-state index contributed by atoms with van der Waals surface area (Å²) in [5.74, 6) is 6.03. The molecule has 0 aliphatic carbocycles. The molecule has 9 nitrogen and oxygen atoms in total. The molecule has 158 valence electrons. The van der Waals surface area contributed by atoms with Crippen molar-refractivity contribution in [1.29, 1.82) is 0 Å². The van der Waals surface area contributed by atoms with Crippen molar-refractivity contribution in [3.8, 4) is 34.4 Å². The van der Waals surface area contributed by atoms with Crippen LogP contribution in [0.25, 0.3) is 33.4 Å². The van der Waals surface area contributed by atoms with Gasteiger partial charge in [0.2, 0.25) is 5.60 Å². The number of carbonyl (C=O) groups is 1. The number of hydrogen-bond donors (Lipinski definition) is 3. The highest BCUT2D eigenvalue weighted by Gasteiger charge is 2.42. The van der Waals surface area contributed by atoms with Gasteiger partial charge in [0.25, 0.3) is 5.91 Å². The predicted molar refractivity (Wildman–Crippen MR) is 119 cm³/mol. The Hall–Kier alpha value is -4.29. The van der Waals surface area contributed by atoms with Gasteiger partial charge in [-0.05, 0) is 12.1 Å². The smallest absolute Gasteiger partial charge is 0.267 e. The molecule has 1 fully saturated rings. The molecule has 4 aromatic rings. The molecule has 1 aromatic carbocycles. The van der Waals surface area contributed by atoms with Crippen molar-refractivity contribution in [3.05, 3.63) is 54.6 Å². The first-order chi connectivity index (χ1) is 15.4. The Morgan fingerprint density at radius 2 is 2.09 bits per heavy atom. The molecular formula is C23H19N7O2. The fourth-order valence-electron chi connectivity index (χ4n) is 3.69. The van der Waals surface area contributed by atoms with Crippen molar-refractivity contribution in [3.63, 3.8) is 0 Å². The largest absolute Gasteiger partial charge is 0.382 e. The molecule has 0 saturated carbocycles. The molecule has 0 radical (unpaired) electrons. The zero-order valence-corrected chi connectivity index (χ0v) is 17.2. The van der Waals surface area contributed by atoms with Crippen LogP contribution in [0.1, 0.15) is 12.0 Å². The van der Waals surface area contributed by atoms with Crippen LogP contribution in [-0.2, 0) is 4.79 Å². The maximum absolute atomic E-state index is 12.1. The van der Waals surface area contributed by atoms with Gasteiger partial charge in [0, 0.05) is 66.2 Å². The summed E-state index contributed by atoms with van der Waals surface area (Å²) in [6.07, 6.45) is 7.14. The fourth-order valence-corrected chi connectivity index (χ4v) is 3.69. The average Bonchev–Trinajstić information content (AvgIpc) is 3.43. The first kappa shape index (κ1) is 19.7. The van der Waals surface area contributed by atoms with Crippen molar-refractivity contribution < 1.29 is 9.90 Å². The number of fused-ring (bicyclic) bond motifs is 1. The summed E-state index contributed by atoms with van der Waals surface area (Å²) in [5, 5.41) is 18.1. The van der Waals surface area contributed by atoms with Gasteiger partial charge in [0.1, 0.15) is 11.3 Å². The van der Waals surface area contributed by atoms with E-state index in [1.54, 1.807) is 37.9 Å². The van der Waals surface area contributed by atoms with Crippen LogP contribution in [0.4, 0.5) is 5.82 Å². The highest BCUT2D eigenvalue weighted by molar-refractivity contribution is 5.98. The SMILES string of the molecule is CN1CC[C@@](O)(C#Cc2cccc(-c3ncc4c(-c5cn[nH]c5)cnc(N)c4n3)c2)C1=O. The first-order valence-corrected chi connectivity index (χ1v) is 9.96. The van der Waals surface area contributed by atoms with Crippen LogP contribution in [0.3, 0.4) is 0 Å². The van der Waals surface area contributed by atoms with Gasteiger partial charge < -0.3 is 15.7 Å². The van der Waals surface area contributed by atoms with E-state index in [-0.39, 0.29) is 12.3 Å². The van der Waals surface area contributed by atoms with E-state index in [1.807, 2.05) is 18.2 Å². The summed E-state index contributed by atoms with van der Waals surface area (Å²) < 4.78 is 0. The second-order valence-electron chi connectivity index (χ2n) is 7.67. The number of H-pyrrole nitrogens is 1. The molecule has 1 atom stereocenters. The number of aromatic amines is 1. The number of aliphatic hydroxyl groups is 1. The molecule has 1 aliphatic heterocycles. The molecule has 0 bridgehead atoms. The lowest BCUT2D eigenvalue weighted by Gasteiger charge is -2.13. The van der Waals surface area contributed by atoms with Crippen molar-refractivity contribution in [2.75, 3.05) is 19.3 Å². The van der Waals surface area contributed by atoms with Crippen LogP contribution in [0, 0.1) is 11.8 Å². The third-order valence-corrected chi connectivity index (χ3v) is 5.51. The second kappa shape index (κ2) is 7.44. The van der Waals surface area contributed by atoms with Crippen molar-refractivity contribution in [2.45, 2.75) is 12.0 Å². The molecule has 32 heavy (non-hydrogen) atoms. The van der Waals surface area contributed by atoms with Crippen molar-refractivity contribution in [2.24, 2.45) is 0 Å². The number of nitrogens with one attached hydrogen (secondary N) is 1. The van der Waals surface area contributed by atoms with Gasteiger partial charge in [-0.3, -0.25) is 9.89 Å². The van der Waals surface area contributed by atoms with Crippen LogP contribution in [0.15, 0.2) is 49.1 Å². The summed E-state index contributed by atoms with van der Waals surface area (Å²) in [7, 11) is 1.65. The Morgan fingerprint density at radius 1 is 1.22 bits per heavy atom. The molecule has 3 aromatic heterocycles. The Balaban J connectivity index is 1.53.